The lowest BCUT2D eigenvalue weighted by Crippen LogP contribution is -2.16. The van der Waals surface area contributed by atoms with Crippen LogP contribution in [-0.2, 0) is 19.4 Å². The fraction of sp³-hybridized carbons (Fsp3) is 0.156. The molecule has 0 aliphatic carbocycles. The number of primary amides is 1. The number of pyridine rings is 2. The summed E-state index contributed by atoms with van der Waals surface area (Å²) in [5.41, 5.74) is 9.77. The Balaban J connectivity index is 1.02. The van der Waals surface area contributed by atoms with Crippen LogP contribution in [0.15, 0.2) is 89.7 Å². The highest BCUT2D eigenvalue weighted by Crippen LogP contribution is 2.30. The fourth-order valence-electron chi connectivity index (χ4n) is 4.87. The van der Waals surface area contributed by atoms with Gasteiger partial charge in [-0.2, -0.15) is 4.98 Å². The van der Waals surface area contributed by atoms with E-state index in [-0.39, 0.29) is 0 Å². The smallest absolute Gasteiger partial charge is 0.248 e. The van der Waals surface area contributed by atoms with Crippen LogP contribution >= 0.6 is 11.6 Å². The number of nitrogens with one attached hydrogen (secondary N) is 2. The minimum Gasteiger partial charge on any atom is -0.369 e. The molecular weight excluding hydrogens is 550 g/mol. The molecule has 0 radical (unpaired) electrons. The highest BCUT2D eigenvalue weighted by molar-refractivity contribution is 6.33. The van der Waals surface area contributed by atoms with Crippen molar-refractivity contribution in [2.24, 2.45) is 5.73 Å². The Morgan fingerprint density at radius 2 is 1.79 bits per heavy atom. The van der Waals surface area contributed by atoms with Crippen LogP contribution in [0.25, 0.3) is 32.8 Å². The van der Waals surface area contributed by atoms with Gasteiger partial charge in [0.15, 0.2) is 5.82 Å². The van der Waals surface area contributed by atoms with E-state index in [2.05, 4.69) is 50.0 Å². The molecule has 6 aromatic rings. The van der Waals surface area contributed by atoms with Gasteiger partial charge in [0.25, 0.3) is 0 Å². The predicted molar refractivity (Wildman–Crippen MR) is 164 cm³/mol. The van der Waals surface area contributed by atoms with E-state index in [0.29, 0.717) is 61.1 Å². The van der Waals surface area contributed by atoms with Crippen molar-refractivity contribution in [2.45, 2.75) is 19.4 Å². The van der Waals surface area contributed by atoms with Gasteiger partial charge in [0.1, 0.15) is 5.82 Å². The summed E-state index contributed by atoms with van der Waals surface area (Å²) in [7, 11) is 0. The van der Waals surface area contributed by atoms with E-state index in [0.717, 1.165) is 37.9 Å². The molecule has 3 heterocycles. The molecule has 3 aromatic carbocycles. The number of benzene rings is 3. The lowest BCUT2D eigenvalue weighted by Gasteiger charge is -2.11. The fourth-order valence-corrected chi connectivity index (χ4v) is 5.18. The van der Waals surface area contributed by atoms with Crippen LogP contribution in [0.4, 0.5) is 5.82 Å². The maximum atomic E-state index is 11.7. The van der Waals surface area contributed by atoms with Crippen LogP contribution in [0.3, 0.4) is 0 Å². The average Bonchev–Trinajstić information content (AvgIpc) is 3.47. The molecule has 0 atom stereocenters. The van der Waals surface area contributed by atoms with E-state index in [1.807, 2.05) is 36.4 Å². The molecule has 0 aliphatic heterocycles. The summed E-state index contributed by atoms with van der Waals surface area (Å²) in [5.74, 6) is 1.38. The van der Waals surface area contributed by atoms with Crippen molar-refractivity contribution < 1.29 is 9.32 Å². The van der Waals surface area contributed by atoms with E-state index >= 15 is 0 Å². The molecule has 0 bridgehead atoms. The molecule has 4 N–H and O–H groups in total. The monoisotopic (exact) mass is 577 g/mol. The third-order valence-electron chi connectivity index (χ3n) is 7.00. The first kappa shape index (κ1) is 27.3. The second kappa shape index (κ2) is 12.3. The first-order valence-corrected chi connectivity index (χ1v) is 14.0. The topological polar surface area (TPSA) is 132 Å². The van der Waals surface area contributed by atoms with Crippen LogP contribution in [-0.4, -0.2) is 39.1 Å². The molecule has 0 saturated carbocycles. The Bertz CT molecular complexity index is 1870. The molecule has 1 amide bonds. The standard InChI is InChI=1S/C32H28ClN7O2/c33-27-16-20(6-8-23(27)21-4-2-1-3-5-21)18-35-14-12-30-39-29(40-42-30)11-15-37-32-25-10-13-36-19-26(25)24-9-7-22(31(34)41)17-28(24)38-32/h1-10,13,16-17,19,35H,11-12,14-15,18H2,(H2,34,41)(H,37,38). The Hall–Kier alpha value is -4.86. The van der Waals surface area contributed by atoms with Crippen molar-refractivity contribution in [1.82, 2.24) is 25.4 Å². The van der Waals surface area contributed by atoms with Gasteiger partial charge in [-0.25, -0.2) is 4.98 Å². The molecule has 6 rings (SSSR count). The second-order valence-corrected chi connectivity index (χ2v) is 10.3. The summed E-state index contributed by atoms with van der Waals surface area (Å²) in [6, 6.07) is 23.4. The third-order valence-corrected chi connectivity index (χ3v) is 7.31. The van der Waals surface area contributed by atoms with Gasteiger partial charge >= 0.3 is 0 Å². The Morgan fingerprint density at radius 3 is 2.62 bits per heavy atom. The van der Waals surface area contributed by atoms with Crippen LogP contribution < -0.4 is 16.4 Å². The summed E-state index contributed by atoms with van der Waals surface area (Å²) in [5, 5.41) is 14.4. The summed E-state index contributed by atoms with van der Waals surface area (Å²) in [4.78, 5) is 25.2. The lowest BCUT2D eigenvalue weighted by molar-refractivity contribution is 0.100. The highest BCUT2D eigenvalue weighted by atomic mass is 35.5. The molecule has 10 heteroatoms. The lowest BCUT2D eigenvalue weighted by atomic mass is 10.0. The molecule has 0 unspecified atom stereocenters. The normalized spacial score (nSPS) is 11.3. The number of halogens is 1. The van der Waals surface area contributed by atoms with E-state index in [1.54, 1.807) is 24.5 Å². The second-order valence-electron chi connectivity index (χ2n) is 9.87. The Kier molecular flexibility index (Phi) is 8.02. The van der Waals surface area contributed by atoms with Crippen molar-refractivity contribution >= 4 is 45.0 Å². The molecule has 0 saturated heterocycles. The number of hydrogen-bond acceptors (Lipinski definition) is 8. The molecule has 3 aromatic heterocycles. The molecule has 0 fully saturated rings. The van der Waals surface area contributed by atoms with E-state index in [1.165, 1.54) is 0 Å². The number of hydrogen-bond donors (Lipinski definition) is 3. The summed E-state index contributed by atoms with van der Waals surface area (Å²) in [6.45, 7) is 1.91. The molecular formula is C32H28ClN7O2. The summed E-state index contributed by atoms with van der Waals surface area (Å²) < 4.78 is 5.45. The largest absolute Gasteiger partial charge is 0.369 e. The van der Waals surface area contributed by atoms with Gasteiger partial charge in [0.2, 0.25) is 11.8 Å². The zero-order chi connectivity index (χ0) is 28.9. The minimum atomic E-state index is -0.496. The SMILES string of the molecule is NC(=O)c1ccc2c(c1)nc(NCCc1noc(CCNCc3ccc(-c4ccccc4)c(Cl)c3)n1)c1ccncc12. The van der Waals surface area contributed by atoms with Gasteiger partial charge in [-0.1, -0.05) is 65.3 Å². The Labute approximate surface area is 247 Å². The zero-order valence-electron chi connectivity index (χ0n) is 22.7. The van der Waals surface area contributed by atoms with E-state index in [4.69, 9.17) is 26.8 Å². The van der Waals surface area contributed by atoms with Gasteiger partial charge in [-0.15, -0.1) is 0 Å². The maximum Gasteiger partial charge on any atom is 0.248 e. The maximum absolute atomic E-state index is 11.7. The number of nitrogens with zero attached hydrogens (tertiary/aromatic N) is 4. The first-order valence-electron chi connectivity index (χ1n) is 13.6. The van der Waals surface area contributed by atoms with Crippen LogP contribution in [0.2, 0.25) is 5.02 Å². The number of carbonyl (C=O) groups excluding carboxylic acids is 1. The van der Waals surface area contributed by atoms with Gasteiger partial charge in [-0.05, 0) is 35.4 Å². The third kappa shape index (κ3) is 6.07. The van der Waals surface area contributed by atoms with Crippen molar-refractivity contribution in [3.63, 3.8) is 0 Å². The van der Waals surface area contributed by atoms with Crippen LogP contribution in [0.1, 0.15) is 27.6 Å². The molecule has 210 valence electrons. The molecule has 9 nitrogen and oxygen atoms in total. The van der Waals surface area contributed by atoms with Crippen molar-refractivity contribution in [3.8, 4) is 11.1 Å². The highest BCUT2D eigenvalue weighted by Gasteiger charge is 2.12. The number of amides is 1. The number of anilines is 1. The molecule has 0 aliphatic rings. The average molecular weight is 578 g/mol. The van der Waals surface area contributed by atoms with Crippen molar-refractivity contribution in [2.75, 3.05) is 18.4 Å². The van der Waals surface area contributed by atoms with Crippen LogP contribution in [0, 0.1) is 0 Å². The number of fused-ring (bicyclic) bond motifs is 3. The summed E-state index contributed by atoms with van der Waals surface area (Å²) in [6.07, 6.45) is 4.69. The van der Waals surface area contributed by atoms with E-state index < -0.39 is 5.91 Å². The predicted octanol–water partition coefficient (Wildman–Crippen LogP) is 5.57. The minimum absolute atomic E-state index is 0.405. The first-order chi connectivity index (χ1) is 20.5. The van der Waals surface area contributed by atoms with E-state index in [9.17, 15) is 4.79 Å². The number of carbonyl (C=O) groups is 1. The number of rotatable bonds is 11. The van der Waals surface area contributed by atoms with Gasteiger partial charge < -0.3 is 20.9 Å². The summed E-state index contributed by atoms with van der Waals surface area (Å²) >= 11 is 6.54. The number of nitrogens with two attached hydrogens (primary N) is 1. The Morgan fingerprint density at radius 1 is 0.905 bits per heavy atom. The molecule has 0 spiro atoms. The van der Waals surface area contributed by atoms with Crippen molar-refractivity contribution in [3.05, 3.63) is 113 Å². The van der Waals surface area contributed by atoms with Crippen LogP contribution in [0.5, 0.6) is 0 Å². The molecule has 42 heavy (non-hydrogen) atoms. The van der Waals surface area contributed by atoms with Gasteiger partial charge in [0.05, 0.1) is 5.52 Å². The van der Waals surface area contributed by atoms with Gasteiger partial charge in [-0.3, -0.25) is 9.78 Å². The zero-order valence-corrected chi connectivity index (χ0v) is 23.4. The quantitative estimate of drug-likeness (QED) is 0.134. The van der Waals surface area contributed by atoms with Crippen molar-refractivity contribution in [1.29, 1.82) is 0 Å². The number of aromatic nitrogens is 4. The van der Waals surface area contributed by atoms with Gasteiger partial charge in [0, 0.05) is 77.2 Å².